The molecule has 2 aromatic rings. The zero-order valence-corrected chi connectivity index (χ0v) is 17.3. The third-order valence-corrected chi connectivity index (χ3v) is 5.05. The van der Waals surface area contributed by atoms with Crippen LogP contribution in [-0.2, 0) is 20.9 Å². The highest BCUT2D eigenvalue weighted by Crippen LogP contribution is 2.23. The molecule has 0 spiro atoms. The number of furan rings is 1. The molecule has 2 atom stereocenters. The number of hydrogen-bond donors (Lipinski definition) is 1. The quantitative estimate of drug-likeness (QED) is 0.695. The SMILES string of the molecule is COc1cccc(COC(C)C(=O)NCC(c2ccc(C)o2)N2CCOCC2)c1. The van der Waals surface area contributed by atoms with Gasteiger partial charge < -0.3 is 23.9 Å². The number of carbonyl (C=O) groups is 1. The van der Waals surface area contributed by atoms with E-state index in [2.05, 4.69) is 10.2 Å². The van der Waals surface area contributed by atoms with Crippen LogP contribution >= 0.6 is 0 Å². The van der Waals surface area contributed by atoms with Gasteiger partial charge in [-0.05, 0) is 43.7 Å². The molecule has 1 aliphatic heterocycles. The summed E-state index contributed by atoms with van der Waals surface area (Å²) in [6, 6.07) is 11.5. The minimum absolute atomic E-state index is 0.0258. The normalized spacial score (nSPS) is 16.9. The minimum atomic E-state index is -0.565. The van der Waals surface area contributed by atoms with Gasteiger partial charge in [-0.1, -0.05) is 12.1 Å². The van der Waals surface area contributed by atoms with Crippen LogP contribution in [0.2, 0.25) is 0 Å². The summed E-state index contributed by atoms with van der Waals surface area (Å²) in [4.78, 5) is 14.9. The molecule has 7 nitrogen and oxygen atoms in total. The smallest absolute Gasteiger partial charge is 0.248 e. The zero-order valence-electron chi connectivity index (χ0n) is 17.3. The second-order valence-electron chi connectivity index (χ2n) is 7.16. The molecule has 7 heteroatoms. The number of morpholine rings is 1. The first-order valence-corrected chi connectivity index (χ1v) is 9.97. The number of benzene rings is 1. The average Bonchev–Trinajstić information content (AvgIpc) is 3.18. The second-order valence-corrected chi connectivity index (χ2v) is 7.16. The number of methoxy groups -OCH3 is 1. The van der Waals surface area contributed by atoms with Crippen LogP contribution in [0.25, 0.3) is 0 Å². The van der Waals surface area contributed by atoms with Crippen LogP contribution in [0.4, 0.5) is 0 Å². The molecule has 0 bridgehead atoms. The van der Waals surface area contributed by atoms with Crippen molar-refractivity contribution in [3.05, 3.63) is 53.5 Å². The van der Waals surface area contributed by atoms with Gasteiger partial charge in [0.25, 0.3) is 0 Å². The molecular weight excluding hydrogens is 372 g/mol. The Bertz CT molecular complexity index is 785. The van der Waals surface area contributed by atoms with Gasteiger partial charge in [-0.2, -0.15) is 0 Å². The Kier molecular flexibility index (Phi) is 7.69. The molecule has 1 amide bonds. The molecule has 3 rings (SSSR count). The topological polar surface area (TPSA) is 73.2 Å². The van der Waals surface area contributed by atoms with Crippen molar-refractivity contribution in [3.63, 3.8) is 0 Å². The van der Waals surface area contributed by atoms with Crippen molar-refractivity contribution >= 4 is 5.91 Å². The standard InChI is InChI=1S/C22H30N2O5/c1-16-7-8-21(29-16)20(24-9-11-27-12-10-24)14-23-22(25)17(2)28-15-18-5-4-6-19(13-18)26-3/h4-8,13,17,20H,9-12,14-15H2,1-3H3,(H,23,25). The van der Waals surface area contributed by atoms with Gasteiger partial charge in [0.15, 0.2) is 0 Å². The second kappa shape index (κ2) is 10.4. The molecular formula is C22H30N2O5. The van der Waals surface area contributed by atoms with Crippen LogP contribution in [0, 0.1) is 6.92 Å². The van der Waals surface area contributed by atoms with E-state index >= 15 is 0 Å². The fourth-order valence-corrected chi connectivity index (χ4v) is 3.33. The molecule has 0 aliphatic carbocycles. The first-order valence-electron chi connectivity index (χ1n) is 9.97. The molecule has 1 aliphatic rings. The summed E-state index contributed by atoms with van der Waals surface area (Å²) in [6.07, 6.45) is -0.565. The maximum Gasteiger partial charge on any atom is 0.248 e. The van der Waals surface area contributed by atoms with Crippen molar-refractivity contribution in [2.75, 3.05) is 40.0 Å². The number of ether oxygens (including phenoxy) is 3. The van der Waals surface area contributed by atoms with Crippen molar-refractivity contribution in [1.29, 1.82) is 0 Å². The number of aryl methyl sites for hydroxylation is 1. The van der Waals surface area contributed by atoms with Crippen molar-refractivity contribution in [2.24, 2.45) is 0 Å². The predicted octanol–water partition coefficient (Wildman–Crippen LogP) is 2.69. The van der Waals surface area contributed by atoms with Gasteiger partial charge in [-0.25, -0.2) is 0 Å². The van der Waals surface area contributed by atoms with E-state index in [0.717, 1.165) is 35.9 Å². The number of nitrogens with zero attached hydrogens (tertiary/aromatic N) is 1. The van der Waals surface area contributed by atoms with E-state index < -0.39 is 6.10 Å². The lowest BCUT2D eigenvalue weighted by Gasteiger charge is -2.33. The fourth-order valence-electron chi connectivity index (χ4n) is 3.33. The van der Waals surface area contributed by atoms with Gasteiger partial charge >= 0.3 is 0 Å². The molecule has 1 N–H and O–H groups in total. The lowest BCUT2D eigenvalue weighted by molar-refractivity contribution is -0.132. The highest BCUT2D eigenvalue weighted by molar-refractivity contribution is 5.80. The molecule has 0 saturated carbocycles. The molecule has 1 aromatic carbocycles. The lowest BCUT2D eigenvalue weighted by Crippen LogP contribution is -2.45. The van der Waals surface area contributed by atoms with E-state index in [4.69, 9.17) is 18.6 Å². The van der Waals surface area contributed by atoms with Gasteiger partial charge in [0.2, 0.25) is 5.91 Å². The van der Waals surface area contributed by atoms with Gasteiger partial charge in [0.1, 0.15) is 23.4 Å². The van der Waals surface area contributed by atoms with Crippen LogP contribution in [0.1, 0.15) is 30.0 Å². The van der Waals surface area contributed by atoms with Crippen LogP contribution in [-0.4, -0.2) is 56.9 Å². The maximum atomic E-state index is 12.6. The number of rotatable bonds is 9. The summed E-state index contributed by atoms with van der Waals surface area (Å²) in [5, 5.41) is 3.02. The van der Waals surface area contributed by atoms with E-state index in [1.807, 2.05) is 43.3 Å². The van der Waals surface area contributed by atoms with Crippen molar-refractivity contribution in [1.82, 2.24) is 10.2 Å². The molecule has 1 aromatic heterocycles. The summed E-state index contributed by atoms with van der Waals surface area (Å²) >= 11 is 0. The number of hydrogen-bond acceptors (Lipinski definition) is 6. The summed E-state index contributed by atoms with van der Waals surface area (Å²) in [7, 11) is 1.63. The van der Waals surface area contributed by atoms with Crippen molar-refractivity contribution in [3.8, 4) is 5.75 Å². The summed E-state index contributed by atoms with van der Waals surface area (Å²) in [5.41, 5.74) is 0.959. The van der Waals surface area contributed by atoms with Crippen LogP contribution in [0.3, 0.4) is 0 Å². The van der Waals surface area contributed by atoms with Crippen molar-refractivity contribution in [2.45, 2.75) is 32.6 Å². The Balaban J connectivity index is 1.54. The van der Waals surface area contributed by atoms with Gasteiger partial charge in [-0.3, -0.25) is 9.69 Å². The van der Waals surface area contributed by atoms with E-state index in [1.54, 1.807) is 14.0 Å². The Morgan fingerprint density at radius 1 is 1.24 bits per heavy atom. The molecule has 29 heavy (non-hydrogen) atoms. The zero-order chi connectivity index (χ0) is 20.6. The van der Waals surface area contributed by atoms with Crippen LogP contribution in [0.15, 0.2) is 40.8 Å². The fraction of sp³-hybridized carbons (Fsp3) is 0.500. The Labute approximate surface area is 171 Å². The molecule has 1 fully saturated rings. The van der Waals surface area contributed by atoms with E-state index in [0.29, 0.717) is 26.4 Å². The molecule has 0 radical (unpaired) electrons. The largest absolute Gasteiger partial charge is 0.497 e. The molecule has 158 valence electrons. The minimum Gasteiger partial charge on any atom is -0.497 e. The molecule has 2 heterocycles. The first kappa shape index (κ1) is 21.4. The summed E-state index contributed by atoms with van der Waals surface area (Å²) in [6.45, 7) is 7.47. The Hall–Kier alpha value is -2.35. The Morgan fingerprint density at radius 3 is 2.72 bits per heavy atom. The Morgan fingerprint density at radius 2 is 2.03 bits per heavy atom. The lowest BCUT2D eigenvalue weighted by atomic mass is 10.1. The highest BCUT2D eigenvalue weighted by atomic mass is 16.5. The van der Waals surface area contributed by atoms with Crippen LogP contribution in [0.5, 0.6) is 5.75 Å². The van der Waals surface area contributed by atoms with E-state index in [1.165, 1.54) is 0 Å². The van der Waals surface area contributed by atoms with E-state index in [9.17, 15) is 4.79 Å². The number of nitrogens with one attached hydrogen (secondary N) is 1. The average molecular weight is 402 g/mol. The molecule has 1 saturated heterocycles. The van der Waals surface area contributed by atoms with Gasteiger partial charge in [0, 0.05) is 19.6 Å². The summed E-state index contributed by atoms with van der Waals surface area (Å²) < 4.78 is 22.3. The third kappa shape index (κ3) is 6.06. The monoisotopic (exact) mass is 402 g/mol. The van der Waals surface area contributed by atoms with Crippen molar-refractivity contribution < 1.29 is 23.4 Å². The highest BCUT2D eigenvalue weighted by Gasteiger charge is 2.26. The first-order chi connectivity index (χ1) is 14.1. The summed E-state index contributed by atoms with van der Waals surface area (Å²) in [5.74, 6) is 2.34. The van der Waals surface area contributed by atoms with E-state index in [-0.39, 0.29) is 11.9 Å². The number of amides is 1. The third-order valence-electron chi connectivity index (χ3n) is 5.05. The van der Waals surface area contributed by atoms with Gasteiger partial charge in [0.05, 0.1) is 33.0 Å². The number of carbonyl (C=O) groups excluding carboxylic acids is 1. The maximum absolute atomic E-state index is 12.6. The van der Waals surface area contributed by atoms with Gasteiger partial charge in [-0.15, -0.1) is 0 Å². The predicted molar refractivity (Wildman–Crippen MR) is 109 cm³/mol. The molecule has 2 unspecified atom stereocenters. The van der Waals surface area contributed by atoms with Crippen LogP contribution < -0.4 is 10.1 Å².